The normalized spacial score (nSPS) is 15.3. The molecule has 0 spiro atoms. The van der Waals surface area contributed by atoms with Crippen molar-refractivity contribution in [1.82, 2.24) is 9.97 Å². The first-order chi connectivity index (χ1) is 17.0. The van der Waals surface area contributed by atoms with Gasteiger partial charge >= 0.3 is 6.01 Å². The van der Waals surface area contributed by atoms with Crippen LogP contribution >= 0.6 is 0 Å². The maximum atomic E-state index is 13.7. The standard InChI is InChI=1S/C25H29N7O3/c1-28-15-18(16-9-5-4-6-10-16)22(27)24(33)23(19(26)13-17-11-7-8-12-29-17)30-20-14-21(34-2)32-25(31-20)35-3/h4-6,8-10,12-15,23H,7,11,26-27H2,1-3H3,(H,30,31,32). The number of ether oxygens (including phenoxy) is 2. The number of carbonyl (C=O) groups is 1. The number of benzene rings is 1. The minimum Gasteiger partial charge on any atom is -0.481 e. The van der Waals surface area contributed by atoms with Crippen LogP contribution in [0.4, 0.5) is 5.82 Å². The molecule has 0 saturated heterocycles. The summed E-state index contributed by atoms with van der Waals surface area (Å²) in [6.45, 7) is 0. The molecule has 182 valence electrons. The fourth-order valence-corrected chi connectivity index (χ4v) is 3.36. The largest absolute Gasteiger partial charge is 0.481 e. The summed E-state index contributed by atoms with van der Waals surface area (Å²) in [6.07, 6.45) is 8.44. The van der Waals surface area contributed by atoms with Gasteiger partial charge in [-0.2, -0.15) is 9.97 Å². The van der Waals surface area contributed by atoms with E-state index in [4.69, 9.17) is 20.9 Å². The van der Waals surface area contributed by atoms with Gasteiger partial charge in [-0.15, -0.1) is 0 Å². The number of nitrogens with zero attached hydrogens (tertiary/aromatic N) is 4. The molecule has 1 aliphatic rings. The Hall–Kier alpha value is -4.47. The van der Waals surface area contributed by atoms with E-state index in [0.717, 1.165) is 17.7 Å². The quantitative estimate of drug-likeness (QED) is 0.350. The molecule has 1 aromatic carbocycles. The second-order valence-corrected chi connectivity index (χ2v) is 7.49. The van der Waals surface area contributed by atoms with Gasteiger partial charge in [0.05, 0.1) is 19.9 Å². The molecule has 1 atom stereocenters. The first-order valence-electron chi connectivity index (χ1n) is 10.9. The molecular weight excluding hydrogens is 446 g/mol. The average Bonchev–Trinajstić information content (AvgIpc) is 2.90. The minimum atomic E-state index is -1.06. The van der Waals surface area contributed by atoms with E-state index >= 15 is 0 Å². The molecule has 0 radical (unpaired) electrons. The fourth-order valence-electron chi connectivity index (χ4n) is 3.36. The zero-order valence-corrected chi connectivity index (χ0v) is 19.9. The number of nitrogens with two attached hydrogens (primary N) is 2. The maximum absolute atomic E-state index is 13.7. The van der Waals surface area contributed by atoms with E-state index in [1.165, 1.54) is 20.3 Å². The Morgan fingerprint density at radius 2 is 1.94 bits per heavy atom. The van der Waals surface area contributed by atoms with Crippen molar-refractivity contribution in [3.8, 4) is 11.9 Å². The van der Waals surface area contributed by atoms with Crippen molar-refractivity contribution in [2.75, 3.05) is 26.6 Å². The highest BCUT2D eigenvalue weighted by molar-refractivity contribution is 6.20. The van der Waals surface area contributed by atoms with Crippen molar-refractivity contribution in [2.24, 2.45) is 21.5 Å². The summed E-state index contributed by atoms with van der Waals surface area (Å²) >= 11 is 0. The lowest BCUT2D eigenvalue weighted by atomic mass is 9.97. The van der Waals surface area contributed by atoms with E-state index < -0.39 is 11.8 Å². The Bertz CT molecular complexity index is 1180. The lowest BCUT2D eigenvalue weighted by Crippen LogP contribution is -2.39. The van der Waals surface area contributed by atoms with Gasteiger partial charge in [0.25, 0.3) is 0 Å². The van der Waals surface area contributed by atoms with Crippen molar-refractivity contribution in [1.29, 1.82) is 0 Å². The Balaban J connectivity index is 2.08. The number of methoxy groups -OCH3 is 2. The molecule has 0 bridgehead atoms. The van der Waals surface area contributed by atoms with Crippen molar-refractivity contribution in [2.45, 2.75) is 18.9 Å². The number of aromatic nitrogens is 2. The van der Waals surface area contributed by atoms with Gasteiger partial charge in [0, 0.05) is 42.5 Å². The second kappa shape index (κ2) is 12.1. The molecular formula is C25H29N7O3. The van der Waals surface area contributed by atoms with Gasteiger partial charge in [-0.1, -0.05) is 36.4 Å². The van der Waals surface area contributed by atoms with E-state index in [1.807, 2.05) is 36.4 Å². The van der Waals surface area contributed by atoms with Crippen LogP contribution in [0.5, 0.6) is 11.9 Å². The van der Waals surface area contributed by atoms with Crippen LogP contribution in [0, 0.1) is 0 Å². The molecule has 1 aliphatic heterocycles. The topological polar surface area (TPSA) is 150 Å². The third kappa shape index (κ3) is 6.53. The van der Waals surface area contributed by atoms with Crippen LogP contribution in [0.25, 0.3) is 5.57 Å². The molecule has 35 heavy (non-hydrogen) atoms. The van der Waals surface area contributed by atoms with Gasteiger partial charge in [-0.05, 0) is 24.5 Å². The Morgan fingerprint density at radius 1 is 1.17 bits per heavy atom. The number of aliphatic imine (C=N–C) groups is 2. The molecule has 3 rings (SSSR count). The highest BCUT2D eigenvalue weighted by Gasteiger charge is 2.27. The van der Waals surface area contributed by atoms with Crippen molar-refractivity contribution < 1.29 is 14.3 Å². The summed E-state index contributed by atoms with van der Waals surface area (Å²) < 4.78 is 10.4. The molecule has 1 unspecified atom stereocenters. The molecule has 0 fully saturated rings. The highest BCUT2D eigenvalue weighted by atomic mass is 16.5. The average molecular weight is 476 g/mol. The summed E-state index contributed by atoms with van der Waals surface area (Å²) in [6, 6.07) is 9.82. The maximum Gasteiger partial charge on any atom is 0.321 e. The first-order valence-corrected chi connectivity index (χ1v) is 10.9. The van der Waals surface area contributed by atoms with E-state index in [2.05, 4.69) is 25.3 Å². The van der Waals surface area contributed by atoms with Crippen LogP contribution in [-0.2, 0) is 4.79 Å². The van der Waals surface area contributed by atoms with Crippen LogP contribution in [0.2, 0.25) is 0 Å². The third-order valence-corrected chi connectivity index (χ3v) is 5.11. The van der Waals surface area contributed by atoms with Crippen LogP contribution in [-0.4, -0.2) is 55.0 Å². The highest BCUT2D eigenvalue weighted by Crippen LogP contribution is 2.22. The molecule has 0 aliphatic carbocycles. The molecule has 0 saturated carbocycles. The van der Waals surface area contributed by atoms with E-state index in [9.17, 15) is 4.79 Å². The molecule has 1 aromatic heterocycles. The minimum absolute atomic E-state index is 0.00545. The number of nitrogens with one attached hydrogen (secondary N) is 1. The molecule has 5 N–H and O–H groups in total. The summed E-state index contributed by atoms with van der Waals surface area (Å²) in [7, 11) is 4.51. The van der Waals surface area contributed by atoms with E-state index in [1.54, 1.807) is 25.5 Å². The van der Waals surface area contributed by atoms with Crippen LogP contribution in [0.15, 0.2) is 76.1 Å². The van der Waals surface area contributed by atoms with Gasteiger partial charge in [-0.25, -0.2) is 0 Å². The van der Waals surface area contributed by atoms with Gasteiger partial charge in [0.2, 0.25) is 11.7 Å². The van der Waals surface area contributed by atoms with Crippen molar-refractivity contribution in [3.63, 3.8) is 0 Å². The molecule has 10 nitrogen and oxygen atoms in total. The lowest BCUT2D eigenvalue weighted by molar-refractivity contribution is -0.115. The van der Waals surface area contributed by atoms with E-state index in [-0.39, 0.29) is 29.1 Å². The number of hydrogen-bond acceptors (Lipinski definition) is 10. The summed E-state index contributed by atoms with van der Waals surface area (Å²) in [5.74, 6) is 0.0644. The third-order valence-electron chi connectivity index (χ3n) is 5.11. The van der Waals surface area contributed by atoms with Crippen molar-refractivity contribution in [3.05, 3.63) is 71.7 Å². The number of anilines is 1. The van der Waals surface area contributed by atoms with Crippen LogP contribution < -0.4 is 26.3 Å². The number of ketones is 1. The second-order valence-electron chi connectivity index (χ2n) is 7.49. The summed E-state index contributed by atoms with van der Waals surface area (Å²) in [4.78, 5) is 30.5. The van der Waals surface area contributed by atoms with Gasteiger partial charge < -0.3 is 26.3 Å². The smallest absolute Gasteiger partial charge is 0.321 e. The van der Waals surface area contributed by atoms with Crippen LogP contribution in [0.3, 0.4) is 0 Å². The zero-order chi connectivity index (χ0) is 25.2. The van der Waals surface area contributed by atoms with Gasteiger partial charge in [0.1, 0.15) is 11.9 Å². The monoisotopic (exact) mass is 475 g/mol. The first kappa shape index (κ1) is 25.2. The SMILES string of the molecule is CN=CC(=C(N)C(=O)C(Nc1cc(OC)nc(OC)n1)C(N)=CC1=NC=CCC1)c1ccccc1. The number of carbonyl (C=O) groups excluding carboxylic acids is 1. The fraction of sp³-hybridized carbons (Fsp3) is 0.240. The number of hydrogen-bond donors (Lipinski definition) is 3. The Labute approximate surface area is 204 Å². The zero-order valence-electron chi connectivity index (χ0n) is 19.9. The number of allylic oxidation sites excluding steroid dienone is 3. The predicted octanol–water partition coefficient (Wildman–Crippen LogP) is 2.51. The lowest BCUT2D eigenvalue weighted by Gasteiger charge is -2.21. The van der Waals surface area contributed by atoms with Gasteiger partial charge in [-0.3, -0.25) is 14.8 Å². The number of rotatable bonds is 10. The molecule has 2 heterocycles. The Morgan fingerprint density at radius 3 is 2.57 bits per heavy atom. The van der Waals surface area contributed by atoms with Gasteiger partial charge in [0.15, 0.2) is 0 Å². The predicted molar refractivity (Wildman–Crippen MR) is 138 cm³/mol. The van der Waals surface area contributed by atoms with E-state index in [0.29, 0.717) is 12.0 Å². The summed E-state index contributed by atoms with van der Waals surface area (Å²) in [5.41, 5.74) is 15.1. The number of Topliss-reactive ketones (excluding diaryl/α,β-unsaturated/α-hetero) is 1. The summed E-state index contributed by atoms with van der Waals surface area (Å²) in [5, 5.41) is 3.06. The van der Waals surface area contributed by atoms with Crippen LogP contribution in [0.1, 0.15) is 18.4 Å². The molecule has 0 amide bonds. The van der Waals surface area contributed by atoms with Crippen molar-refractivity contribution >= 4 is 29.1 Å². The molecule has 2 aromatic rings. The Kier molecular flexibility index (Phi) is 8.71. The molecule has 10 heteroatoms.